The summed E-state index contributed by atoms with van der Waals surface area (Å²) in [4.78, 5) is 0. The van der Waals surface area contributed by atoms with E-state index in [0.29, 0.717) is 0 Å². The van der Waals surface area contributed by atoms with Gasteiger partial charge in [-0.2, -0.15) is 0 Å². The Labute approximate surface area is 103 Å². The molecule has 0 saturated heterocycles. The van der Waals surface area contributed by atoms with Crippen LogP contribution in [0.1, 0.15) is 22.3 Å². The van der Waals surface area contributed by atoms with Crippen LogP contribution >= 0.6 is 0 Å². The van der Waals surface area contributed by atoms with E-state index in [1.165, 1.54) is 11.1 Å². The molecule has 0 atom stereocenters. The van der Waals surface area contributed by atoms with Crippen LogP contribution in [0, 0.1) is 20.0 Å². The summed E-state index contributed by atoms with van der Waals surface area (Å²) in [5.74, 6) is 0. The molecule has 2 rings (SSSR count). The van der Waals surface area contributed by atoms with Crippen LogP contribution < -0.4 is 0 Å². The van der Waals surface area contributed by atoms with Crippen LogP contribution in [0.15, 0.2) is 48.5 Å². The molecule has 1 heteroatoms. The van der Waals surface area contributed by atoms with Gasteiger partial charge in [-0.25, -0.2) is 0 Å². The second-order valence-corrected chi connectivity index (χ2v) is 4.16. The average molecular weight is 225 g/mol. The number of hydrogen-bond acceptors (Lipinski definition) is 1. The highest BCUT2D eigenvalue weighted by Gasteiger charge is 2.18. The van der Waals surface area contributed by atoms with Crippen molar-refractivity contribution in [2.45, 2.75) is 13.8 Å². The maximum absolute atomic E-state index is 5.60. The van der Waals surface area contributed by atoms with Crippen LogP contribution in [0.5, 0.6) is 0 Å². The van der Waals surface area contributed by atoms with Crippen LogP contribution in [0.3, 0.4) is 0 Å². The number of benzene rings is 2. The standard InChI is InChI=1S/C16H17O/c1-12-8-4-6-10-14(12)16(17-3)15-11-7-5-9-13(15)2/h4-11H,1-3H3. The number of ether oxygens (including phenoxy) is 1. The monoisotopic (exact) mass is 225 g/mol. The van der Waals surface area contributed by atoms with E-state index in [1.807, 2.05) is 24.3 Å². The highest BCUT2D eigenvalue weighted by molar-refractivity contribution is 5.48. The van der Waals surface area contributed by atoms with E-state index in [-0.39, 0.29) is 0 Å². The van der Waals surface area contributed by atoms with E-state index >= 15 is 0 Å². The Hall–Kier alpha value is -1.60. The summed E-state index contributed by atoms with van der Waals surface area (Å²) in [5, 5.41) is 0. The fourth-order valence-corrected chi connectivity index (χ4v) is 2.02. The molecule has 0 aliphatic heterocycles. The van der Waals surface area contributed by atoms with Crippen molar-refractivity contribution < 1.29 is 4.74 Å². The van der Waals surface area contributed by atoms with Crippen LogP contribution in [0.25, 0.3) is 0 Å². The summed E-state index contributed by atoms with van der Waals surface area (Å²) in [5.41, 5.74) is 4.77. The van der Waals surface area contributed by atoms with E-state index in [9.17, 15) is 0 Å². The molecule has 0 aliphatic carbocycles. The highest BCUT2D eigenvalue weighted by atomic mass is 16.5. The fraction of sp³-hybridized carbons (Fsp3) is 0.188. The van der Waals surface area contributed by atoms with Crippen molar-refractivity contribution >= 4 is 0 Å². The van der Waals surface area contributed by atoms with Crippen molar-refractivity contribution in [2.75, 3.05) is 7.11 Å². The van der Waals surface area contributed by atoms with Gasteiger partial charge in [-0.15, -0.1) is 0 Å². The van der Waals surface area contributed by atoms with Gasteiger partial charge in [0.25, 0.3) is 0 Å². The van der Waals surface area contributed by atoms with Gasteiger partial charge in [-0.3, -0.25) is 0 Å². The van der Waals surface area contributed by atoms with Crippen LogP contribution in [0.2, 0.25) is 0 Å². The first kappa shape index (κ1) is 11.9. The summed E-state index contributed by atoms with van der Waals surface area (Å²) < 4.78 is 5.60. The second-order valence-electron chi connectivity index (χ2n) is 4.16. The molecule has 0 aromatic heterocycles. The lowest BCUT2D eigenvalue weighted by atomic mass is 9.94. The molecule has 87 valence electrons. The number of aryl methyl sites for hydroxylation is 2. The first-order chi connectivity index (χ1) is 8.24. The summed E-state index contributed by atoms with van der Waals surface area (Å²) in [6.07, 6.45) is 0.946. The Kier molecular flexibility index (Phi) is 3.60. The van der Waals surface area contributed by atoms with Crippen molar-refractivity contribution in [3.05, 3.63) is 76.9 Å². The molecule has 0 spiro atoms. The van der Waals surface area contributed by atoms with Crippen LogP contribution in [-0.2, 0) is 4.74 Å². The molecule has 17 heavy (non-hydrogen) atoms. The van der Waals surface area contributed by atoms with Crippen molar-refractivity contribution in [3.8, 4) is 0 Å². The summed E-state index contributed by atoms with van der Waals surface area (Å²) in [6, 6.07) is 16.6. The molecule has 0 fully saturated rings. The molecule has 0 N–H and O–H groups in total. The molecule has 0 aliphatic rings. The first-order valence-electron chi connectivity index (χ1n) is 5.77. The minimum absolute atomic E-state index is 0.946. The van der Waals surface area contributed by atoms with Crippen molar-refractivity contribution in [1.29, 1.82) is 0 Å². The zero-order chi connectivity index (χ0) is 12.3. The third kappa shape index (κ3) is 2.40. The quantitative estimate of drug-likeness (QED) is 0.770. The van der Waals surface area contributed by atoms with Gasteiger partial charge >= 0.3 is 0 Å². The summed E-state index contributed by atoms with van der Waals surface area (Å²) in [7, 11) is 1.73. The van der Waals surface area contributed by atoms with Gasteiger partial charge in [-0.05, 0) is 36.1 Å². The third-order valence-electron chi connectivity index (χ3n) is 2.98. The van der Waals surface area contributed by atoms with E-state index < -0.39 is 0 Å². The molecule has 1 radical (unpaired) electrons. The smallest absolute Gasteiger partial charge is 0.155 e. The third-order valence-corrected chi connectivity index (χ3v) is 2.98. The maximum Gasteiger partial charge on any atom is 0.155 e. The molecule has 0 saturated carbocycles. The maximum atomic E-state index is 5.60. The zero-order valence-electron chi connectivity index (χ0n) is 10.5. The lowest BCUT2D eigenvalue weighted by Gasteiger charge is -2.18. The van der Waals surface area contributed by atoms with E-state index in [2.05, 4.69) is 38.1 Å². The predicted octanol–water partition coefficient (Wildman–Crippen LogP) is 3.88. The van der Waals surface area contributed by atoms with Gasteiger partial charge in [0.2, 0.25) is 0 Å². The van der Waals surface area contributed by atoms with E-state index in [4.69, 9.17) is 4.74 Å². The number of methoxy groups -OCH3 is 1. The molecule has 0 unspecified atom stereocenters. The highest BCUT2D eigenvalue weighted by Crippen LogP contribution is 2.28. The SMILES string of the molecule is CO[C](c1ccccc1C)c1ccccc1C. The van der Waals surface area contributed by atoms with Crippen molar-refractivity contribution in [2.24, 2.45) is 0 Å². The Balaban J connectivity index is 2.48. The van der Waals surface area contributed by atoms with E-state index in [0.717, 1.165) is 17.2 Å². The molecule has 2 aromatic rings. The molecular weight excluding hydrogens is 208 g/mol. The largest absolute Gasteiger partial charge is 0.365 e. The van der Waals surface area contributed by atoms with Gasteiger partial charge in [-0.1, -0.05) is 48.5 Å². The fourth-order valence-electron chi connectivity index (χ4n) is 2.02. The predicted molar refractivity (Wildman–Crippen MR) is 70.8 cm³/mol. The molecule has 1 nitrogen and oxygen atoms in total. The average Bonchev–Trinajstić information content (AvgIpc) is 2.34. The Morgan fingerprint density at radius 3 is 1.53 bits per heavy atom. The van der Waals surface area contributed by atoms with Crippen molar-refractivity contribution in [1.82, 2.24) is 0 Å². The minimum Gasteiger partial charge on any atom is -0.365 e. The Bertz CT molecular complexity index is 457. The lowest BCUT2D eigenvalue weighted by Crippen LogP contribution is -2.07. The molecule has 2 aromatic carbocycles. The van der Waals surface area contributed by atoms with Gasteiger partial charge in [0, 0.05) is 7.11 Å². The van der Waals surface area contributed by atoms with E-state index in [1.54, 1.807) is 7.11 Å². The van der Waals surface area contributed by atoms with Crippen LogP contribution in [0.4, 0.5) is 0 Å². The normalized spacial score (nSPS) is 10.8. The van der Waals surface area contributed by atoms with Gasteiger partial charge < -0.3 is 4.74 Å². The number of hydrogen-bond donors (Lipinski definition) is 0. The molecule has 0 bridgehead atoms. The Morgan fingerprint density at radius 2 is 1.18 bits per heavy atom. The molecule has 0 amide bonds. The van der Waals surface area contributed by atoms with Gasteiger partial charge in [0.05, 0.1) is 0 Å². The topological polar surface area (TPSA) is 9.23 Å². The number of rotatable bonds is 3. The van der Waals surface area contributed by atoms with Crippen LogP contribution in [-0.4, -0.2) is 7.11 Å². The zero-order valence-corrected chi connectivity index (χ0v) is 10.5. The Morgan fingerprint density at radius 1 is 0.765 bits per heavy atom. The summed E-state index contributed by atoms with van der Waals surface area (Å²) >= 11 is 0. The van der Waals surface area contributed by atoms with Gasteiger partial charge in [0.15, 0.2) is 6.10 Å². The summed E-state index contributed by atoms with van der Waals surface area (Å²) in [6.45, 7) is 4.21. The second kappa shape index (κ2) is 5.15. The molecular formula is C16H17O. The van der Waals surface area contributed by atoms with Crippen molar-refractivity contribution in [3.63, 3.8) is 0 Å². The first-order valence-corrected chi connectivity index (χ1v) is 5.77. The minimum atomic E-state index is 0.946. The molecule has 0 heterocycles. The van der Waals surface area contributed by atoms with Gasteiger partial charge in [0.1, 0.15) is 0 Å². The lowest BCUT2D eigenvalue weighted by molar-refractivity contribution is 0.247.